The quantitative estimate of drug-likeness (QED) is 0.167. The summed E-state index contributed by atoms with van der Waals surface area (Å²) in [6.07, 6.45) is 7.09. The van der Waals surface area contributed by atoms with Crippen LogP contribution in [0.4, 0.5) is 17.1 Å². The molecule has 1 heterocycles. The Morgan fingerprint density at radius 2 is 1.15 bits per heavy atom. The van der Waals surface area contributed by atoms with Crippen LogP contribution in [-0.2, 0) is 5.41 Å². The van der Waals surface area contributed by atoms with Gasteiger partial charge in [0.05, 0.1) is 0 Å². The Balaban J connectivity index is 1.15. The Bertz CT molecular complexity index is 2340. The van der Waals surface area contributed by atoms with Crippen LogP contribution in [0, 0.1) is 23.7 Å². The number of hydrogen-bond donors (Lipinski definition) is 0. The molecule has 0 amide bonds. The first-order chi connectivity index (χ1) is 23.8. The van der Waals surface area contributed by atoms with Gasteiger partial charge in [0.1, 0.15) is 0 Å². The molecule has 0 radical (unpaired) electrons. The first-order valence-corrected chi connectivity index (χ1v) is 19.6. The molecule has 5 aliphatic carbocycles. The molecule has 4 saturated carbocycles. The fourth-order valence-electron chi connectivity index (χ4n) is 11.1. The third-order valence-corrected chi connectivity index (χ3v) is 15.0. The van der Waals surface area contributed by atoms with E-state index in [0.717, 1.165) is 23.7 Å². The molecule has 6 aromatic carbocycles. The van der Waals surface area contributed by atoms with Crippen LogP contribution in [0.15, 0.2) is 140 Å². The Hall–Kier alpha value is -4.36. The van der Waals surface area contributed by atoms with E-state index in [9.17, 15) is 0 Å². The summed E-state index contributed by atoms with van der Waals surface area (Å²) in [6.45, 7) is 0. The number of benzene rings is 6. The Kier molecular flexibility index (Phi) is 5.93. The van der Waals surface area contributed by atoms with Crippen LogP contribution in [0.25, 0.3) is 41.5 Å². The van der Waals surface area contributed by atoms with Crippen molar-refractivity contribution in [3.05, 3.63) is 151 Å². The number of anilines is 3. The zero-order valence-corrected chi connectivity index (χ0v) is 28.7. The first kappa shape index (κ1) is 27.6. The summed E-state index contributed by atoms with van der Waals surface area (Å²) in [7, 11) is 0. The molecule has 0 atom stereocenters. The van der Waals surface area contributed by atoms with E-state index in [1.54, 1.807) is 11.1 Å². The molecule has 4 bridgehead atoms. The summed E-state index contributed by atoms with van der Waals surface area (Å²) in [5, 5.41) is 2.81. The molecule has 0 saturated heterocycles. The Morgan fingerprint density at radius 3 is 1.96 bits per heavy atom. The number of fused-ring (bicyclic) bond motifs is 6. The molecule has 0 aliphatic heterocycles. The van der Waals surface area contributed by atoms with E-state index < -0.39 is 0 Å². The van der Waals surface area contributed by atoms with Crippen molar-refractivity contribution in [1.29, 1.82) is 0 Å². The zero-order valence-electron chi connectivity index (χ0n) is 27.0. The fraction of sp³-hybridized carbons (Fsp3) is 0.217. The molecule has 7 aromatic rings. The van der Waals surface area contributed by atoms with Crippen LogP contribution in [-0.4, -0.2) is 14.5 Å². The second-order valence-corrected chi connectivity index (χ2v) is 17.2. The van der Waals surface area contributed by atoms with Gasteiger partial charge < -0.3 is 0 Å². The summed E-state index contributed by atoms with van der Waals surface area (Å²) in [5.41, 5.74) is 12.7. The number of hydrogen-bond acceptors (Lipinski definition) is 1. The molecule has 12 rings (SSSR count). The van der Waals surface area contributed by atoms with Crippen LogP contribution >= 0.6 is 0 Å². The van der Waals surface area contributed by atoms with Gasteiger partial charge in [-0.3, -0.25) is 0 Å². The molecule has 5 aliphatic rings. The number of nitrogens with zero attached hydrogens (tertiary/aromatic N) is 1. The van der Waals surface area contributed by atoms with Crippen LogP contribution in [0.3, 0.4) is 0 Å². The average molecular weight is 683 g/mol. The van der Waals surface area contributed by atoms with Gasteiger partial charge in [-0.2, -0.15) is 0 Å². The minimum absolute atomic E-state index is 0.145. The predicted molar refractivity (Wildman–Crippen MR) is 202 cm³/mol. The van der Waals surface area contributed by atoms with Crippen molar-refractivity contribution in [1.82, 2.24) is 0 Å². The molecule has 4 fully saturated rings. The van der Waals surface area contributed by atoms with Gasteiger partial charge in [-0.1, -0.05) is 0 Å². The molecule has 2 heteroatoms. The SMILES string of the molecule is c1ccc(-c2ccc(N(c3ccc4c(c3)C3(c5ccccc5-4)C4CC5CC(C4)CC3C5)c3cccc4[se]c5ccccc5c34)cc2)cc1. The minimum atomic E-state index is 0.145. The van der Waals surface area contributed by atoms with Crippen molar-refractivity contribution >= 4 is 50.9 Å². The van der Waals surface area contributed by atoms with E-state index in [1.165, 1.54) is 90.7 Å². The topological polar surface area (TPSA) is 3.24 Å². The molecule has 0 unspecified atom stereocenters. The van der Waals surface area contributed by atoms with E-state index in [0.29, 0.717) is 14.5 Å². The standard InChI is InChI=1S/C46H37NSe/c1-2-9-31(10-3-1)32-17-19-35(20-18-32)47(42-14-8-16-44-45(42)39-12-5-7-15-43(39)48-44)36-21-22-38-37-11-4-6-13-40(37)46(41(38)28-36)33-24-29-23-30(26-33)27-34(46)25-29/h1-22,28-30,33-34H,23-27H2. The van der Waals surface area contributed by atoms with E-state index in [4.69, 9.17) is 0 Å². The van der Waals surface area contributed by atoms with Crippen molar-refractivity contribution in [2.45, 2.75) is 37.5 Å². The second-order valence-electron chi connectivity index (χ2n) is 14.9. The summed E-state index contributed by atoms with van der Waals surface area (Å²) in [4.78, 5) is 2.58. The van der Waals surface area contributed by atoms with Crippen molar-refractivity contribution < 1.29 is 0 Å². The van der Waals surface area contributed by atoms with Gasteiger partial charge >= 0.3 is 290 Å². The predicted octanol–water partition coefficient (Wildman–Crippen LogP) is 11.9. The second kappa shape index (κ2) is 10.3. The molecule has 1 nitrogen and oxygen atoms in total. The molecule has 1 aromatic heterocycles. The molecule has 232 valence electrons. The van der Waals surface area contributed by atoms with E-state index in [2.05, 4.69) is 144 Å². The van der Waals surface area contributed by atoms with Crippen LogP contribution in [0.2, 0.25) is 0 Å². The molecular weight excluding hydrogens is 645 g/mol. The maximum absolute atomic E-state index is 2.65. The summed E-state index contributed by atoms with van der Waals surface area (Å²) in [6, 6.07) is 53.2. The number of rotatable bonds is 4. The third kappa shape index (κ3) is 3.79. The van der Waals surface area contributed by atoms with Crippen LogP contribution < -0.4 is 4.90 Å². The van der Waals surface area contributed by atoms with E-state index >= 15 is 0 Å². The monoisotopic (exact) mass is 683 g/mol. The summed E-state index contributed by atoms with van der Waals surface area (Å²) in [5.74, 6) is 3.37. The van der Waals surface area contributed by atoms with Crippen molar-refractivity contribution in [2.75, 3.05) is 4.90 Å². The van der Waals surface area contributed by atoms with Crippen molar-refractivity contribution in [2.24, 2.45) is 23.7 Å². The first-order valence-electron chi connectivity index (χ1n) is 17.9. The molecule has 1 spiro atoms. The third-order valence-electron chi connectivity index (χ3n) is 12.6. The normalized spacial score (nSPS) is 24.8. The molecule has 48 heavy (non-hydrogen) atoms. The van der Waals surface area contributed by atoms with Gasteiger partial charge in [-0.15, -0.1) is 0 Å². The van der Waals surface area contributed by atoms with E-state index in [-0.39, 0.29) is 5.41 Å². The van der Waals surface area contributed by atoms with Crippen molar-refractivity contribution in [3.8, 4) is 22.3 Å². The van der Waals surface area contributed by atoms with Gasteiger partial charge in [0, 0.05) is 0 Å². The fourth-order valence-corrected chi connectivity index (χ4v) is 13.4. The average Bonchev–Trinajstić information content (AvgIpc) is 3.65. The van der Waals surface area contributed by atoms with Gasteiger partial charge in [-0.05, 0) is 0 Å². The summed E-state index contributed by atoms with van der Waals surface area (Å²) < 4.78 is 2.97. The van der Waals surface area contributed by atoms with Crippen molar-refractivity contribution in [3.63, 3.8) is 0 Å². The maximum atomic E-state index is 2.65. The van der Waals surface area contributed by atoms with Gasteiger partial charge in [0.2, 0.25) is 0 Å². The van der Waals surface area contributed by atoms with Crippen LogP contribution in [0.5, 0.6) is 0 Å². The van der Waals surface area contributed by atoms with Gasteiger partial charge in [-0.25, -0.2) is 0 Å². The Labute approximate surface area is 288 Å². The zero-order chi connectivity index (χ0) is 31.4. The van der Waals surface area contributed by atoms with E-state index in [1.807, 2.05) is 0 Å². The van der Waals surface area contributed by atoms with Crippen LogP contribution in [0.1, 0.15) is 43.2 Å². The van der Waals surface area contributed by atoms with Gasteiger partial charge in [0.15, 0.2) is 0 Å². The molecule has 0 N–H and O–H groups in total. The molecular formula is C46H37NSe. The Morgan fingerprint density at radius 1 is 0.500 bits per heavy atom. The summed E-state index contributed by atoms with van der Waals surface area (Å²) >= 11 is 0.314. The van der Waals surface area contributed by atoms with Gasteiger partial charge in [0.25, 0.3) is 0 Å².